The summed E-state index contributed by atoms with van der Waals surface area (Å²) >= 11 is 11.5. The summed E-state index contributed by atoms with van der Waals surface area (Å²) in [6.45, 7) is 3.79. The number of rotatable bonds is 2. The maximum Gasteiger partial charge on any atom is 0.126 e. The average Bonchev–Trinajstić information content (AvgIpc) is 2.61. The SMILES string of the molecule is Cc1cc(C(Cl)c2cc(Br)sc2C)ccc1F. The van der Waals surface area contributed by atoms with E-state index in [1.54, 1.807) is 30.4 Å². The molecule has 0 fully saturated rings. The van der Waals surface area contributed by atoms with Crippen LogP contribution in [0.4, 0.5) is 4.39 Å². The van der Waals surface area contributed by atoms with Crippen LogP contribution in [0.2, 0.25) is 0 Å². The molecule has 1 atom stereocenters. The third kappa shape index (κ3) is 2.72. The number of halogens is 3. The van der Waals surface area contributed by atoms with Gasteiger partial charge in [0.15, 0.2) is 0 Å². The fourth-order valence-electron chi connectivity index (χ4n) is 1.72. The molecule has 1 unspecified atom stereocenters. The monoisotopic (exact) mass is 332 g/mol. The Morgan fingerprint density at radius 3 is 2.53 bits per heavy atom. The van der Waals surface area contributed by atoms with Crippen molar-refractivity contribution in [3.8, 4) is 0 Å². The van der Waals surface area contributed by atoms with E-state index in [2.05, 4.69) is 15.9 Å². The van der Waals surface area contributed by atoms with Crippen molar-refractivity contribution in [2.24, 2.45) is 0 Å². The molecule has 0 spiro atoms. The highest BCUT2D eigenvalue weighted by Crippen LogP contribution is 2.37. The predicted octanol–water partition coefficient (Wildman–Crippen LogP) is 5.59. The van der Waals surface area contributed by atoms with Crippen molar-refractivity contribution in [3.05, 3.63) is 55.4 Å². The molecule has 0 saturated heterocycles. The molecular weight excluding hydrogens is 323 g/mol. The Morgan fingerprint density at radius 1 is 1.29 bits per heavy atom. The second-order valence-electron chi connectivity index (χ2n) is 3.93. The van der Waals surface area contributed by atoms with Crippen LogP contribution in [0.15, 0.2) is 28.1 Å². The Labute approximate surface area is 118 Å². The van der Waals surface area contributed by atoms with Crippen LogP contribution in [0.5, 0.6) is 0 Å². The molecule has 0 aliphatic rings. The van der Waals surface area contributed by atoms with Gasteiger partial charge in [-0.3, -0.25) is 0 Å². The second-order valence-corrected chi connectivity index (χ2v) is 7.01. The normalized spacial score (nSPS) is 12.8. The molecule has 90 valence electrons. The largest absolute Gasteiger partial charge is 0.207 e. The number of hydrogen-bond acceptors (Lipinski definition) is 1. The van der Waals surface area contributed by atoms with Crippen molar-refractivity contribution >= 4 is 38.9 Å². The first-order valence-electron chi connectivity index (χ1n) is 5.15. The molecule has 1 aromatic carbocycles. The van der Waals surface area contributed by atoms with E-state index in [1.165, 1.54) is 10.9 Å². The Hall–Kier alpha value is -0.380. The van der Waals surface area contributed by atoms with Gasteiger partial charge in [-0.1, -0.05) is 12.1 Å². The zero-order chi connectivity index (χ0) is 12.6. The zero-order valence-electron chi connectivity index (χ0n) is 9.43. The zero-order valence-corrected chi connectivity index (χ0v) is 12.6. The fraction of sp³-hybridized carbons (Fsp3) is 0.231. The van der Waals surface area contributed by atoms with Crippen molar-refractivity contribution in [1.29, 1.82) is 0 Å². The molecule has 0 bridgehead atoms. The van der Waals surface area contributed by atoms with Crippen LogP contribution in [0.3, 0.4) is 0 Å². The summed E-state index contributed by atoms with van der Waals surface area (Å²) in [5.41, 5.74) is 2.63. The third-order valence-corrected chi connectivity index (χ3v) is 4.73. The minimum atomic E-state index is -0.225. The van der Waals surface area contributed by atoms with Gasteiger partial charge in [-0.05, 0) is 58.6 Å². The van der Waals surface area contributed by atoms with Crippen LogP contribution in [-0.4, -0.2) is 0 Å². The Kier molecular flexibility index (Phi) is 3.91. The summed E-state index contributed by atoms with van der Waals surface area (Å²) in [7, 11) is 0. The highest BCUT2D eigenvalue weighted by Gasteiger charge is 2.16. The van der Waals surface area contributed by atoms with E-state index in [9.17, 15) is 4.39 Å². The Morgan fingerprint density at radius 2 is 2.00 bits per heavy atom. The summed E-state index contributed by atoms with van der Waals surface area (Å²) in [4.78, 5) is 1.18. The molecule has 0 saturated carbocycles. The van der Waals surface area contributed by atoms with Crippen LogP contribution in [0.25, 0.3) is 0 Å². The van der Waals surface area contributed by atoms with Crippen molar-refractivity contribution in [2.75, 3.05) is 0 Å². The molecule has 2 aromatic rings. The fourth-order valence-corrected chi connectivity index (χ4v) is 3.89. The van der Waals surface area contributed by atoms with Crippen LogP contribution in [-0.2, 0) is 0 Å². The summed E-state index contributed by atoms with van der Waals surface area (Å²) in [5.74, 6) is -0.194. The van der Waals surface area contributed by atoms with E-state index in [1.807, 2.05) is 13.0 Å². The van der Waals surface area contributed by atoms with Gasteiger partial charge in [0, 0.05) is 4.88 Å². The first kappa shape index (κ1) is 13.1. The van der Waals surface area contributed by atoms with E-state index >= 15 is 0 Å². The lowest BCUT2D eigenvalue weighted by molar-refractivity contribution is 0.617. The lowest BCUT2D eigenvalue weighted by Gasteiger charge is -2.10. The maximum absolute atomic E-state index is 13.2. The summed E-state index contributed by atoms with van der Waals surface area (Å²) in [5, 5.41) is -0.225. The number of hydrogen-bond donors (Lipinski definition) is 0. The smallest absolute Gasteiger partial charge is 0.126 e. The topological polar surface area (TPSA) is 0 Å². The van der Waals surface area contributed by atoms with Crippen LogP contribution < -0.4 is 0 Å². The van der Waals surface area contributed by atoms with E-state index in [-0.39, 0.29) is 11.2 Å². The lowest BCUT2D eigenvalue weighted by Crippen LogP contribution is -1.95. The molecule has 0 aliphatic heterocycles. The van der Waals surface area contributed by atoms with Gasteiger partial charge >= 0.3 is 0 Å². The van der Waals surface area contributed by atoms with Gasteiger partial charge in [0.25, 0.3) is 0 Å². The van der Waals surface area contributed by atoms with Crippen LogP contribution in [0, 0.1) is 19.7 Å². The van der Waals surface area contributed by atoms with Crippen LogP contribution >= 0.6 is 38.9 Å². The summed E-state index contributed by atoms with van der Waals surface area (Å²) in [6, 6.07) is 7.04. The predicted molar refractivity (Wildman–Crippen MR) is 75.6 cm³/mol. The van der Waals surface area contributed by atoms with Gasteiger partial charge in [-0.2, -0.15) is 0 Å². The third-order valence-electron chi connectivity index (χ3n) is 2.67. The molecule has 17 heavy (non-hydrogen) atoms. The van der Waals surface area contributed by atoms with Crippen molar-refractivity contribution < 1.29 is 4.39 Å². The van der Waals surface area contributed by atoms with Gasteiger partial charge in [0.1, 0.15) is 5.82 Å². The van der Waals surface area contributed by atoms with Gasteiger partial charge < -0.3 is 0 Å². The summed E-state index contributed by atoms with van der Waals surface area (Å²) in [6.07, 6.45) is 0. The van der Waals surface area contributed by atoms with Gasteiger partial charge in [0.2, 0.25) is 0 Å². The quantitative estimate of drug-likeness (QED) is 0.628. The van der Waals surface area contributed by atoms with Gasteiger partial charge in [-0.25, -0.2) is 4.39 Å². The maximum atomic E-state index is 13.2. The minimum absolute atomic E-state index is 0.194. The molecule has 0 N–H and O–H groups in total. The Balaban J connectivity index is 2.40. The molecule has 4 heteroatoms. The molecular formula is C13H11BrClFS. The average molecular weight is 334 g/mol. The van der Waals surface area contributed by atoms with Crippen molar-refractivity contribution in [2.45, 2.75) is 19.2 Å². The highest BCUT2D eigenvalue weighted by atomic mass is 79.9. The molecule has 0 amide bonds. The summed E-state index contributed by atoms with van der Waals surface area (Å²) < 4.78 is 14.3. The van der Waals surface area contributed by atoms with E-state index in [0.717, 1.165) is 14.9 Å². The minimum Gasteiger partial charge on any atom is -0.207 e. The molecule has 2 rings (SSSR count). The van der Waals surface area contributed by atoms with E-state index < -0.39 is 0 Å². The number of thiophene rings is 1. The standard InChI is InChI=1S/C13H11BrClFS/c1-7-5-9(3-4-11(7)16)13(15)10-6-12(14)17-8(10)2/h3-6,13H,1-2H3. The number of alkyl halides is 1. The second kappa shape index (κ2) is 5.09. The van der Waals surface area contributed by atoms with Crippen molar-refractivity contribution in [3.63, 3.8) is 0 Å². The highest BCUT2D eigenvalue weighted by molar-refractivity contribution is 9.11. The molecule has 0 aliphatic carbocycles. The van der Waals surface area contributed by atoms with E-state index in [0.29, 0.717) is 5.56 Å². The molecule has 1 heterocycles. The Bertz CT molecular complexity index is 550. The van der Waals surface area contributed by atoms with E-state index in [4.69, 9.17) is 11.6 Å². The first-order chi connectivity index (χ1) is 7.99. The molecule has 1 aromatic heterocycles. The lowest BCUT2D eigenvalue weighted by atomic mass is 10.0. The number of aryl methyl sites for hydroxylation is 2. The molecule has 0 nitrogen and oxygen atoms in total. The van der Waals surface area contributed by atoms with Gasteiger partial charge in [-0.15, -0.1) is 22.9 Å². The first-order valence-corrected chi connectivity index (χ1v) is 7.19. The van der Waals surface area contributed by atoms with Crippen LogP contribution in [0.1, 0.15) is 26.9 Å². The molecule has 0 radical (unpaired) electrons. The van der Waals surface area contributed by atoms with Crippen molar-refractivity contribution in [1.82, 2.24) is 0 Å². The number of benzene rings is 1. The van der Waals surface area contributed by atoms with Gasteiger partial charge in [0.05, 0.1) is 9.16 Å².